The van der Waals surface area contributed by atoms with Crippen LogP contribution in [0.2, 0.25) is 10.0 Å². The summed E-state index contributed by atoms with van der Waals surface area (Å²) in [4.78, 5) is 14.1. The molecule has 2 rings (SSSR count). The average Bonchev–Trinajstić information content (AvgIpc) is 2.36. The van der Waals surface area contributed by atoms with Gasteiger partial charge in [0.05, 0.1) is 0 Å². The van der Waals surface area contributed by atoms with Gasteiger partial charge in [-0.2, -0.15) is 0 Å². The Bertz CT molecular complexity index is 666. The summed E-state index contributed by atoms with van der Waals surface area (Å²) in [5, 5.41) is 1.11. The lowest BCUT2D eigenvalue weighted by Gasteiger charge is -2.19. The van der Waals surface area contributed by atoms with Crippen molar-refractivity contribution in [1.29, 1.82) is 0 Å². The maximum absolute atomic E-state index is 12.5. The van der Waals surface area contributed by atoms with Gasteiger partial charge in [0.25, 0.3) is 5.91 Å². The molecule has 2 aromatic rings. The smallest absolute Gasteiger partial charge is 0.254 e. The van der Waals surface area contributed by atoms with E-state index in [-0.39, 0.29) is 5.91 Å². The van der Waals surface area contributed by atoms with E-state index in [9.17, 15) is 4.79 Å². The van der Waals surface area contributed by atoms with Gasteiger partial charge in [0.2, 0.25) is 0 Å². The van der Waals surface area contributed by atoms with Crippen LogP contribution in [0.4, 0.5) is 5.69 Å². The van der Waals surface area contributed by atoms with Gasteiger partial charge in [0, 0.05) is 34.9 Å². The largest absolute Gasteiger partial charge is 0.399 e. The minimum Gasteiger partial charge on any atom is -0.399 e. The molecule has 2 N–H and O–H groups in total. The first-order valence-electron chi connectivity index (χ1n) is 6.43. The Morgan fingerprint density at radius 2 is 1.76 bits per heavy atom. The highest BCUT2D eigenvalue weighted by Crippen LogP contribution is 2.21. The van der Waals surface area contributed by atoms with E-state index in [1.54, 1.807) is 48.3 Å². The first kappa shape index (κ1) is 15.7. The van der Waals surface area contributed by atoms with Gasteiger partial charge in [-0.05, 0) is 54.4 Å². The molecule has 21 heavy (non-hydrogen) atoms. The zero-order valence-corrected chi connectivity index (χ0v) is 13.4. The zero-order chi connectivity index (χ0) is 15.6. The van der Waals surface area contributed by atoms with E-state index in [4.69, 9.17) is 28.9 Å². The number of nitrogens with two attached hydrogens (primary N) is 1. The van der Waals surface area contributed by atoms with Crippen LogP contribution >= 0.6 is 23.2 Å². The Kier molecular flexibility index (Phi) is 4.76. The summed E-state index contributed by atoms with van der Waals surface area (Å²) in [7, 11) is 1.74. The highest BCUT2D eigenvalue weighted by molar-refractivity contribution is 6.34. The first-order chi connectivity index (χ1) is 9.86. The molecular formula is C16H16Cl2N2O. The van der Waals surface area contributed by atoms with Crippen molar-refractivity contribution in [2.45, 2.75) is 13.5 Å². The molecule has 0 fully saturated rings. The maximum Gasteiger partial charge on any atom is 0.254 e. The van der Waals surface area contributed by atoms with Gasteiger partial charge in [-0.25, -0.2) is 0 Å². The average molecular weight is 323 g/mol. The van der Waals surface area contributed by atoms with Crippen LogP contribution < -0.4 is 5.73 Å². The van der Waals surface area contributed by atoms with Crippen LogP contribution in [0.5, 0.6) is 0 Å². The quantitative estimate of drug-likeness (QED) is 0.862. The number of carbonyl (C=O) groups is 1. The third kappa shape index (κ3) is 3.90. The molecule has 0 aliphatic carbocycles. The van der Waals surface area contributed by atoms with E-state index in [1.165, 1.54) is 0 Å². The number of nitrogens with zero attached hydrogens (tertiary/aromatic N) is 1. The highest BCUT2D eigenvalue weighted by atomic mass is 35.5. The van der Waals surface area contributed by atoms with Crippen molar-refractivity contribution in [1.82, 2.24) is 4.90 Å². The Morgan fingerprint density at radius 3 is 2.33 bits per heavy atom. The number of benzene rings is 2. The van der Waals surface area contributed by atoms with Crippen molar-refractivity contribution in [2.75, 3.05) is 12.8 Å². The maximum atomic E-state index is 12.5. The summed E-state index contributed by atoms with van der Waals surface area (Å²) in [6.45, 7) is 2.30. The summed E-state index contributed by atoms with van der Waals surface area (Å²) in [6, 6.07) is 10.5. The molecule has 0 heterocycles. The van der Waals surface area contributed by atoms with Gasteiger partial charge in [0.1, 0.15) is 0 Å². The van der Waals surface area contributed by atoms with Crippen LogP contribution in [-0.2, 0) is 6.54 Å². The molecule has 0 radical (unpaired) electrons. The Morgan fingerprint density at radius 1 is 1.14 bits per heavy atom. The third-order valence-corrected chi connectivity index (χ3v) is 3.61. The monoisotopic (exact) mass is 322 g/mol. The molecule has 3 nitrogen and oxygen atoms in total. The SMILES string of the molecule is Cc1cc(N)ccc1C(=O)N(C)Cc1cc(Cl)cc(Cl)c1. The fraction of sp³-hybridized carbons (Fsp3) is 0.188. The lowest BCUT2D eigenvalue weighted by molar-refractivity contribution is 0.0784. The Labute approximate surface area is 134 Å². The number of hydrogen-bond acceptors (Lipinski definition) is 2. The van der Waals surface area contributed by atoms with Gasteiger partial charge < -0.3 is 10.6 Å². The van der Waals surface area contributed by atoms with Gasteiger partial charge in [0.15, 0.2) is 0 Å². The van der Waals surface area contributed by atoms with E-state index in [2.05, 4.69) is 0 Å². The second kappa shape index (κ2) is 6.37. The van der Waals surface area contributed by atoms with Crippen molar-refractivity contribution in [2.24, 2.45) is 0 Å². The van der Waals surface area contributed by atoms with E-state index >= 15 is 0 Å². The second-order valence-electron chi connectivity index (χ2n) is 5.01. The molecule has 0 aromatic heterocycles. The van der Waals surface area contributed by atoms with Gasteiger partial charge >= 0.3 is 0 Å². The van der Waals surface area contributed by atoms with Crippen molar-refractivity contribution in [3.05, 3.63) is 63.1 Å². The van der Waals surface area contributed by atoms with Crippen molar-refractivity contribution in [3.63, 3.8) is 0 Å². The number of hydrogen-bond donors (Lipinski definition) is 1. The molecule has 0 bridgehead atoms. The number of amides is 1. The first-order valence-corrected chi connectivity index (χ1v) is 7.19. The molecule has 0 aliphatic rings. The third-order valence-electron chi connectivity index (χ3n) is 3.17. The van der Waals surface area contributed by atoms with E-state index in [1.807, 2.05) is 6.92 Å². The minimum atomic E-state index is -0.0661. The van der Waals surface area contributed by atoms with Crippen molar-refractivity contribution in [3.8, 4) is 0 Å². The molecule has 0 saturated carbocycles. The molecule has 0 aliphatic heterocycles. The number of nitrogen functional groups attached to an aromatic ring is 1. The second-order valence-corrected chi connectivity index (χ2v) is 5.89. The fourth-order valence-electron chi connectivity index (χ4n) is 2.18. The van der Waals surface area contributed by atoms with Crippen molar-refractivity contribution >= 4 is 34.8 Å². The van der Waals surface area contributed by atoms with Gasteiger partial charge in [-0.1, -0.05) is 23.2 Å². The number of anilines is 1. The molecule has 0 atom stereocenters. The lowest BCUT2D eigenvalue weighted by atomic mass is 10.1. The summed E-state index contributed by atoms with van der Waals surface area (Å²) in [5.74, 6) is -0.0661. The molecule has 5 heteroatoms. The summed E-state index contributed by atoms with van der Waals surface area (Å²) in [6.07, 6.45) is 0. The number of rotatable bonds is 3. The van der Waals surface area contributed by atoms with E-state index in [0.29, 0.717) is 27.8 Å². The van der Waals surface area contributed by atoms with Crippen LogP contribution in [0.15, 0.2) is 36.4 Å². The standard InChI is InChI=1S/C16H16Cl2N2O/c1-10-5-14(19)3-4-15(10)16(21)20(2)9-11-6-12(17)8-13(18)7-11/h3-8H,9,19H2,1-2H3. The minimum absolute atomic E-state index is 0.0661. The van der Waals surface area contributed by atoms with Crippen LogP contribution in [0, 0.1) is 6.92 Å². The van der Waals surface area contributed by atoms with Crippen LogP contribution in [-0.4, -0.2) is 17.9 Å². The molecule has 2 aromatic carbocycles. The zero-order valence-electron chi connectivity index (χ0n) is 11.9. The van der Waals surface area contributed by atoms with Gasteiger partial charge in [-0.3, -0.25) is 4.79 Å². The predicted molar refractivity (Wildman–Crippen MR) is 87.9 cm³/mol. The summed E-state index contributed by atoms with van der Waals surface area (Å²) < 4.78 is 0. The van der Waals surface area contributed by atoms with Gasteiger partial charge in [-0.15, -0.1) is 0 Å². The summed E-state index contributed by atoms with van der Waals surface area (Å²) >= 11 is 11.9. The number of carbonyl (C=O) groups excluding carboxylic acids is 1. The van der Waals surface area contributed by atoms with E-state index in [0.717, 1.165) is 11.1 Å². The van der Waals surface area contributed by atoms with Crippen LogP contribution in [0.3, 0.4) is 0 Å². The Balaban J connectivity index is 2.19. The molecule has 110 valence electrons. The number of halogens is 2. The molecule has 1 amide bonds. The Hall–Kier alpha value is -1.71. The van der Waals surface area contributed by atoms with Crippen LogP contribution in [0.25, 0.3) is 0 Å². The number of aryl methyl sites for hydroxylation is 1. The highest BCUT2D eigenvalue weighted by Gasteiger charge is 2.15. The lowest BCUT2D eigenvalue weighted by Crippen LogP contribution is -2.26. The molecular weight excluding hydrogens is 307 g/mol. The molecule has 0 spiro atoms. The fourth-order valence-corrected chi connectivity index (χ4v) is 2.75. The van der Waals surface area contributed by atoms with Crippen LogP contribution in [0.1, 0.15) is 21.5 Å². The molecule has 0 saturated heterocycles. The topological polar surface area (TPSA) is 46.3 Å². The normalized spacial score (nSPS) is 10.5. The van der Waals surface area contributed by atoms with E-state index < -0.39 is 0 Å². The molecule has 0 unspecified atom stereocenters. The summed E-state index contributed by atoms with van der Waals surface area (Å²) in [5.41, 5.74) is 8.73. The predicted octanol–water partition coefficient (Wildman–Crippen LogP) is 4.16. The van der Waals surface area contributed by atoms with Crippen molar-refractivity contribution < 1.29 is 4.79 Å².